The fourth-order valence-electron chi connectivity index (χ4n) is 2.86. The summed E-state index contributed by atoms with van der Waals surface area (Å²) in [6, 6.07) is 7.91. The van der Waals surface area contributed by atoms with E-state index in [1.54, 1.807) is 0 Å². The van der Waals surface area contributed by atoms with Crippen LogP contribution in [0.3, 0.4) is 0 Å². The summed E-state index contributed by atoms with van der Waals surface area (Å²) in [5, 5.41) is 0. The highest BCUT2D eigenvalue weighted by atomic mass is 32.1. The molecule has 1 amide bonds. The standard InChI is InChI=1S/C17H24N2OS/c1-17(2,3)14-7-5-4-6-13(14)16(20)19-10-8-12(9-11-19)15(18)21/h4-7,12H,8-11H2,1-3H3,(H2,18,21). The maximum absolute atomic E-state index is 12.8. The number of carbonyl (C=O) groups excluding carboxylic acids is 1. The fourth-order valence-corrected chi connectivity index (χ4v) is 3.10. The second-order valence-corrected chi connectivity index (χ2v) is 7.24. The van der Waals surface area contributed by atoms with E-state index in [2.05, 4.69) is 26.8 Å². The van der Waals surface area contributed by atoms with Crippen molar-refractivity contribution in [2.45, 2.75) is 39.0 Å². The van der Waals surface area contributed by atoms with Gasteiger partial charge in [-0.15, -0.1) is 0 Å². The van der Waals surface area contributed by atoms with Gasteiger partial charge in [-0.2, -0.15) is 0 Å². The van der Waals surface area contributed by atoms with E-state index in [0.717, 1.165) is 37.1 Å². The van der Waals surface area contributed by atoms with Gasteiger partial charge in [-0.1, -0.05) is 51.2 Å². The highest BCUT2D eigenvalue weighted by Crippen LogP contribution is 2.28. The number of piperidine rings is 1. The number of benzene rings is 1. The minimum Gasteiger partial charge on any atom is -0.393 e. The quantitative estimate of drug-likeness (QED) is 0.854. The SMILES string of the molecule is CC(C)(C)c1ccccc1C(=O)N1CCC(C(N)=S)CC1. The largest absolute Gasteiger partial charge is 0.393 e. The molecule has 1 saturated heterocycles. The number of hydrogen-bond donors (Lipinski definition) is 1. The van der Waals surface area contributed by atoms with Crippen molar-refractivity contribution in [3.8, 4) is 0 Å². The van der Waals surface area contributed by atoms with Crippen LogP contribution >= 0.6 is 12.2 Å². The third kappa shape index (κ3) is 3.62. The lowest BCUT2D eigenvalue weighted by Gasteiger charge is -2.33. The summed E-state index contributed by atoms with van der Waals surface area (Å²) in [5.74, 6) is 0.406. The first kappa shape index (κ1) is 16.0. The van der Waals surface area contributed by atoms with E-state index < -0.39 is 0 Å². The summed E-state index contributed by atoms with van der Waals surface area (Å²) in [4.78, 5) is 15.3. The summed E-state index contributed by atoms with van der Waals surface area (Å²) in [7, 11) is 0. The average Bonchev–Trinajstić information content (AvgIpc) is 2.45. The number of thiocarbonyl (C=S) groups is 1. The predicted octanol–water partition coefficient (Wildman–Crippen LogP) is 3.12. The van der Waals surface area contributed by atoms with Crippen molar-refractivity contribution in [3.05, 3.63) is 35.4 Å². The third-order valence-corrected chi connectivity index (χ3v) is 4.48. The van der Waals surface area contributed by atoms with E-state index in [1.807, 2.05) is 23.1 Å². The molecule has 4 heteroatoms. The number of likely N-dealkylation sites (tertiary alicyclic amines) is 1. The van der Waals surface area contributed by atoms with E-state index in [1.165, 1.54) is 0 Å². The molecule has 1 heterocycles. The summed E-state index contributed by atoms with van der Waals surface area (Å²) in [6.45, 7) is 7.88. The van der Waals surface area contributed by atoms with E-state index in [4.69, 9.17) is 18.0 Å². The van der Waals surface area contributed by atoms with Gasteiger partial charge < -0.3 is 10.6 Å². The van der Waals surface area contributed by atoms with Gasteiger partial charge in [0, 0.05) is 24.6 Å². The lowest BCUT2D eigenvalue weighted by molar-refractivity contribution is 0.0708. The number of carbonyl (C=O) groups is 1. The van der Waals surface area contributed by atoms with Crippen molar-refractivity contribution in [3.63, 3.8) is 0 Å². The summed E-state index contributed by atoms with van der Waals surface area (Å²) < 4.78 is 0. The maximum atomic E-state index is 12.8. The Bertz CT molecular complexity index is 540. The lowest BCUT2D eigenvalue weighted by Crippen LogP contribution is -2.42. The van der Waals surface area contributed by atoms with Gasteiger partial charge in [0.15, 0.2) is 0 Å². The highest BCUT2D eigenvalue weighted by Gasteiger charge is 2.28. The Kier molecular flexibility index (Phi) is 4.67. The van der Waals surface area contributed by atoms with Crippen molar-refractivity contribution in [1.82, 2.24) is 4.90 Å². The number of nitrogens with zero attached hydrogens (tertiary/aromatic N) is 1. The van der Waals surface area contributed by atoms with Crippen molar-refractivity contribution in [2.75, 3.05) is 13.1 Å². The molecule has 3 nitrogen and oxygen atoms in total. The molecule has 0 bridgehead atoms. The first-order valence-corrected chi connectivity index (χ1v) is 7.89. The van der Waals surface area contributed by atoms with Gasteiger partial charge in [0.2, 0.25) is 0 Å². The van der Waals surface area contributed by atoms with Gasteiger partial charge in [-0.05, 0) is 29.9 Å². The molecule has 2 rings (SSSR count). The van der Waals surface area contributed by atoms with Crippen LogP contribution in [0, 0.1) is 5.92 Å². The third-order valence-electron chi connectivity index (χ3n) is 4.15. The Morgan fingerprint density at radius 2 is 1.81 bits per heavy atom. The average molecular weight is 304 g/mol. The Balaban J connectivity index is 2.17. The zero-order valence-corrected chi connectivity index (χ0v) is 13.9. The van der Waals surface area contributed by atoms with Gasteiger partial charge >= 0.3 is 0 Å². The monoisotopic (exact) mass is 304 g/mol. The predicted molar refractivity (Wildman–Crippen MR) is 90.6 cm³/mol. The van der Waals surface area contributed by atoms with E-state index in [-0.39, 0.29) is 17.2 Å². The van der Waals surface area contributed by atoms with Crippen molar-refractivity contribution in [2.24, 2.45) is 11.7 Å². The molecule has 0 spiro atoms. The Labute approximate surface area is 132 Å². The topological polar surface area (TPSA) is 46.3 Å². The molecule has 1 aliphatic rings. The zero-order valence-electron chi connectivity index (χ0n) is 13.1. The second kappa shape index (κ2) is 6.14. The lowest BCUT2D eigenvalue weighted by atomic mass is 9.83. The van der Waals surface area contributed by atoms with E-state index in [0.29, 0.717) is 4.99 Å². The highest BCUT2D eigenvalue weighted by molar-refractivity contribution is 7.80. The summed E-state index contributed by atoms with van der Waals surface area (Å²) in [6.07, 6.45) is 1.75. The summed E-state index contributed by atoms with van der Waals surface area (Å²) >= 11 is 5.06. The molecule has 0 unspecified atom stereocenters. The number of amides is 1. The molecule has 1 aliphatic heterocycles. The van der Waals surface area contributed by atoms with Gasteiger partial charge in [-0.3, -0.25) is 4.79 Å². The number of hydrogen-bond acceptors (Lipinski definition) is 2. The molecule has 21 heavy (non-hydrogen) atoms. The minimum atomic E-state index is -0.0383. The van der Waals surface area contributed by atoms with Crippen molar-refractivity contribution in [1.29, 1.82) is 0 Å². The van der Waals surface area contributed by atoms with Crippen LogP contribution in [-0.4, -0.2) is 28.9 Å². The molecular weight excluding hydrogens is 280 g/mol. The van der Waals surface area contributed by atoms with Crippen LogP contribution in [0.2, 0.25) is 0 Å². The smallest absolute Gasteiger partial charge is 0.254 e. The molecule has 114 valence electrons. The minimum absolute atomic E-state index is 0.0383. The molecule has 0 saturated carbocycles. The van der Waals surface area contributed by atoms with E-state index >= 15 is 0 Å². The van der Waals surface area contributed by atoms with Crippen LogP contribution in [-0.2, 0) is 5.41 Å². The molecule has 2 N–H and O–H groups in total. The van der Waals surface area contributed by atoms with Crippen LogP contribution in [0.15, 0.2) is 24.3 Å². The van der Waals surface area contributed by atoms with Crippen LogP contribution in [0.4, 0.5) is 0 Å². The van der Waals surface area contributed by atoms with Gasteiger partial charge in [0.1, 0.15) is 0 Å². The molecule has 1 fully saturated rings. The zero-order chi connectivity index (χ0) is 15.6. The van der Waals surface area contributed by atoms with Crippen LogP contribution in [0.25, 0.3) is 0 Å². The molecule has 1 aromatic carbocycles. The normalized spacial score (nSPS) is 16.8. The Hall–Kier alpha value is -1.42. The molecule has 0 aliphatic carbocycles. The van der Waals surface area contributed by atoms with Gasteiger partial charge in [0.25, 0.3) is 5.91 Å². The first-order valence-electron chi connectivity index (χ1n) is 7.49. The molecule has 0 radical (unpaired) electrons. The van der Waals surface area contributed by atoms with Gasteiger partial charge in [0.05, 0.1) is 4.99 Å². The van der Waals surface area contributed by atoms with Crippen molar-refractivity contribution < 1.29 is 4.79 Å². The number of rotatable bonds is 2. The summed E-state index contributed by atoms with van der Waals surface area (Å²) in [5.41, 5.74) is 7.59. The Morgan fingerprint density at radius 3 is 2.33 bits per heavy atom. The van der Waals surface area contributed by atoms with Crippen molar-refractivity contribution >= 4 is 23.1 Å². The molecular formula is C17H24N2OS. The Morgan fingerprint density at radius 1 is 1.24 bits per heavy atom. The van der Waals surface area contributed by atoms with Crippen LogP contribution < -0.4 is 5.73 Å². The second-order valence-electron chi connectivity index (χ2n) is 6.76. The fraction of sp³-hybridized carbons (Fsp3) is 0.529. The van der Waals surface area contributed by atoms with Crippen LogP contribution in [0.1, 0.15) is 49.5 Å². The number of nitrogens with two attached hydrogens (primary N) is 1. The molecule has 0 atom stereocenters. The molecule has 1 aromatic rings. The van der Waals surface area contributed by atoms with Gasteiger partial charge in [-0.25, -0.2) is 0 Å². The maximum Gasteiger partial charge on any atom is 0.254 e. The van der Waals surface area contributed by atoms with Crippen LogP contribution in [0.5, 0.6) is 0 Å². The molecule has 0 aromatic heterocycles. The van der Waals surface area contributed by atoms with E-state index in [9.17, 15) is 4.79 Å². The first-order chi connectivity index (χ1) is 9.80.